The Kier molecular flexibility index (Phi) is 5.73. The molecular formula is C25H21FN2O3S. The molecule has 0 unspecified atom stereocenters. The molecule has 1 fully saturated rings. The molecule has 1 aliphatic rings. The van der Waals surface area contributed by atoms with Crippen LogP contribution in [0.1, 0.15) is 23.2 Å². The molecule has 0 radical (unpaired) electrons. The summed E-state index contributed by atoms with van der Waals surface area (Å²) in [4.78, 5) is 19.1. The van der Waals surface area contributed by atoms with Crippen LogP contribution in [-0.2, 0) is 0 Å². The van der Waals surface area contributed by atoms with Gasteiger partial charge in [0.15, 0.2) is 0 Å². The second kappa shape index (κ2) is 8.96. The molecule has 0 bridgehead atoms. The molecular weight excluding hydrogens is 427 g/mol. The number of amides is 1. The third-order valence-electron chi connectivity index (χ3n) is 5.41. The second-order valence-corrected chi connectivity index (χ2v) is 8.61. The number of thiazole rings is 1. The Bertz CT molecular complexity index is 1240. The Morgan fingerprint density at radius 3 is 2.50 bits per heavy atom. The molecule has 1 saturated heterocycles. The molecule has 2 heterocycles. The van der Waals surface area contributed by atoms with Gasteiger partial charge in [-0.05, 0) is 42.5 Å². The molecule has 0 aliphatic carbocycles. The van der Waals surface area contributed by atoms with Gasteiger partial charge in [0.05, 0.1) is 4.70 Å². The molecule has 1 aromatic heterocycles. The van der Waals surface area contributed by atoms with E-state index in [1.54, 1.807) is 18.2 Å². The van der Waals surface area contributed by atoms with Crippen molar-refractivity contribution in [3.8, 4) is 16.7 Å². The molecule has 4 aromatic rings. The van der Waals surface area contributed by atoms with Crippen LogP contribution in [-0.4, -0.2) is 35.0 Å². The van der Waals surface area contributed by atoms with Crippen LogP contribution < -0.4 is 9.47 Å². The van der Waals surface area contributed by atoms with Crippen molar-refractivity contribution in [3.63, 3.8) is 0 Å². The smallest absolute Gasteiger partial charge is 0.274 e. The number of nitrogens with zero attached hydrogens (tertiary/aromatic N) is 2. The largest absolute Gasteiger partial charge is 0.467 e. The van der Waals surface area contributed by atoms with Gasteiger partial charge in [0.1, 0.15) is 28.9 Å². The standard InChI is InChI=1S/C25H21FN2O3S/c26-21-10-5-11-22-23(21)27-25(32-22)31-19-12-14-28(15-13-19)24(29)17-6-4-9-20(16-17)30-18-7-2-1-3-8-18/h1-11,16,19H,12-15H2. The zero-order valence-corrected chi connectivity index (χ0v) is 18.1. The fourth-order valence-corrected chi connectivity index (χ4v) is 4.66. The molecule has 0 saturated carbocycles. The van der Waals surface area contributed by atoms with E-state index in [1.807, 2.05) is 53.4 Å². The van der Waals surface area contributed by atoms with E-state index in [0.29, 0.717) is 48.0 Å². The number of rotatable bonds is 5. The Morgan fingerprint density at radius 2 is 1.72 bits per heavy atom. The van der Waals surface area contributed by atoms with Crippen molar-refractivity contribution < 1.29 is 18.7 Å². The summed E-state index contributed by atoms with van der Waals surface area (Å²) in [5.41, 5.74) is 0.942. The Hall–Kier alpha value is -3.45. The average molecular weight is 449 g/mol. The summed E-state index contributed by atoms with van der Waals surface area (Å²) in [6.45, 7) is 1.18. The maximum absolute atomic E-state index is 13.9. The molecule has 162 valence electrons. The van der Waals surface area contributed by atoms with Crippen molar-refractivity contribution in [3.05, 3.63) is 84.2 Å². The van der Waals surface area contributed by atoms with Crippen LogP contribution in [0.25, 0.3) is 10.2 Å². The fraction of sp³-hybridized carbons (Fsp3) is 0.200. The molecule has 0 N–H and O–H groups in total. The van der Waals surface area contributed by atoms with Crippen molar-refractivity contribution in [2.75, 3.05) is 13.1 Å². The Balaban J connectivity index is 1.20. The summed E-state index contributed by atoms with van der Waals surface area (Å²) in [6.07, 6.45) is 1.35. The maximum atomic E-state index is 13.9. The predicted octanol–water partition coefficient (Wildman–Crippen LogP) is 5.91. The lowest BCUT2D eigenvalue weighted by Crippen LogP contribution is -2.41. The maximum Gasteiger partial charge on any atom is 0.274 e. The number of benzene rings is 3. The van der Waals surface area contributed by atoms with E-state index >= 15 is 0 Å². The highest BCUT2D eigenvalue weighted by Gasteiger charge is 2.26. The molecule has 0 atom stereocenters. The van der Waals surface area contributed by atoms with Crippen LogP contribution in [0, 0.1) is 5.82 Å². The van der Waals surface area contributed by atoms with Crippen molar-refractivity contribution in [1.82, 2.24) is 9.88 Å². The van der Waals surface area contributed by atoms with E-state index in [-0.39, 0.29) is 17.8 Å². The summed E-state index contributed by atoms with van der Waals surface area (Å²) < 4.78 is 26.5. The number of hydrogen-bond acceptors (Lipinski definition) is 5. The number of carbonyl (C=O) groups excluding carboxylic acids is 1. The number of fused-ring (bicyclic) bond motifs is 1. The first-order valence-corrected chi connectivity index (χ1v) is 11.3. The van der Waals surface area contributed by atoms with Crippen molar-refractivity contribution in [2.24, 2.45) is 0 Å². The summed E-state index contributed by atoms with van der Waals surface area (Å²) in [6, 6.07) is 21.6. The average Bonchev–Trinajstić information content (AvgIpc) is 3.24. The van der Waals surface area contributed by atoms with Crippen molar-refractivity contribution in [2.45, 2.75) is 18.9 Å². The van der Waals surface area contributed by atoms with E-state index in [2.05, 4.69) is 4.98 Å². The topological polar surface area (TPSA) is 51.7 Å². The Morgan fingerprint density at radius 1 is 0.969 bits per heavy atom. The lowest BCUT2D eigenvalue weighted by molar-refractivity contribution is 0.0595. The van der Waals surface area contributed by atoms with Gasteiger partial charge in [0, 0.05) is 31.5 Å². The van der Waals surface area contributed by atoms with Crippen LogP contribution in [0.15, 0.2) is 72.8 Å². The minimum atomic E-state index is -0.340. The summed E-state index contributed by atoms with van der Waals surface area (Å²) >= 11 is 1.34. The van der Waals surface area contributed by atoms with Gasteiger partial charge >= 0.3 is 0 Å². The van der Waals surface area contributed by atoms with E-state index in [4.69, 9.17) is 9.47 Å². The van der Waals surface area contributed by atoms with Crippen LogP contribution in [0.3, 0.4) is 0 Å². The lowest BCUT2D eigenvalue weighted by Gasteiger charge is -2.31. The second-order valence-electron chi connectivity index (χ2n) is 7.62. The summed E-state index contributed by atoms with van der Waals surface area (Å²) in [5.74, 6) is 0.990. The van der Waals surface area contributed by atoms with Gasteiger partial charge in [-0.15, -0.1) is 0 Å². The van der Waals surface area contributed by atoms with Gasteiger partial charge < -0.3 is 14.4 Å². The van der Waals surface area contributed by atoms with Gasteiger partial charge in [0.25, 0.3) is 11.1 Å². The van der Waals surface area contributed by atoms with E-state index in [1.165, 1.54) is 17.4 Å². The molecule has 0 spiro atoms. The highest BCUT2D eigenvalue weighted by Crippen LogP contribution is 2.31. The predicted molar refractivity (Wildman–Crippen MR) is 122 cm³/mol. The van der Waals surface area contributed by atoms with Crippen LogP contribution >= 0.6 is 11.3 Å². The molecule has 1 amide bonds. The SMILES string of the molecule is O=C(c1cccc(Oc2ccccc2)c1)N1CCC(Oc2nc3c(F)cccc3s2)CC1. The number of para-hydroxylation sites is 2. The van der Waals surface area contributed by atoms with Gasteiger partial charge in [-0.3, -0.25) is 4.79 Å². The normalized spacial score (nSPS) is 14.5. The molecule has 5 nitrogen and oxygen atoms in total. The van der Waals surface area contributed by atoms with Crippen LogP contribution in [0.4, 0.5) is 4.39 Å². The van der Waals surface area contributed by atoms with Gasteiger partial charge in [-0.2, -0.15) is 4.98 Å². The number of halogens is 1. The van der Waals surface area contributed by atoms with E-state index in [9.17, 15) is 9.18 Å². The van der Waals surface area contributed by atoms with Crippen molar-refractivity contribution in [1.29, 1.82) is 0 Å². The summed E-state index contributed by atoms with van der Waals surface area (Å²) in [5, 5.41) is 0.473. The van der Waals surface area contributed by atoms with Gasteiger partial charge in [-0.1, -0.05) is 41.7 Å². The number of piperidine rings is 1. The Labute approximate surface area is 189 Å². The zero-order chi connectivity index (χ0) is 21.9. The van der Waals surface area contributed by atoms with E-state index < -0.39 is 0 Å². The lowest BCUT2D eigenvalue weighted by atomic mass is 10.1. The number of likely N-dealkylation sites (tertiary alicyclic amines) is 1. The monoisotopic (exact) mass is 448 g/mol. The molecule has 32 heavy (non-hydrogen) atoms. The van der Waals surface area contributed by atoms with Crippen LogP contribution in [0.2, 0.25) is 0 Å². The minimum absolute atomic E-state index is 0.0241. The quantitative estimate of drug-likeness (QED) is 0.381. The summed E-state index contributed by atoms with van der Waals surface area (Å²) in [7, 11) is 0. The zero-order valence-electron chi connectivity index (χ0n) is 17.2. The molecule has 7 heteroatoms. The number of ether oxygens (including phenoxy) is 2. The molecule has 3 aromatic carbocycles. The van der Waals surface area contributed by atoms with Gasteiger partial charge in [0.2, 0.25) is 0 Å². The first kappa shape index (κ1) is 20.5. The molecule has 1 aliphatic heterocycles. The van der Waals surface area contributed by atoms with Gasteiger partial charge in [-0.25, -0.2) is 4.39 Å². The first-order valence-electron chi connectivity index (χ1n) is 10.5. The fourth-order valence-electron chi connectivity index (χ4n) is 3.76. The third-order valence-corrected chi connectivity index (χ3v) is 6.32. The highest BCUT2D eigenvalue weighted by atomic mass is 32.1. The number of carbonyl (C=O) groups is 1. The molecule has 5 rings (SSSR count). The third kappa shape index (κ3) is 4.43. The first-order chi connectivity index (χ1) is 15.7. The number of hydrogen-bond donors (Lipinski definition) is 0. The number of aromatic nitrogens is 1. The minimum Gasteiger partial charge on any atom is -0.467 e. The van der Waals surface area contributed by atoms with Crippen molar-refractivity contribution >= 4 is 27.5 Å². The van der Waals surface area contributed by atoms with E-state index in [0.717, 1.165) is 10.4 Å². The van der Waals surface area contributed by atoms with Crippen LogP contribution in [0.5, 0.6) is 16.7 Å². The highest BCUT2D eigenvalue weighted by molar-refractivity contribution is 7.20.